The fourth-order valence-electron chi connectivity index (χ4n) is 3.30. The van der Waals surface area contributed by atoms with Crippen LogP contribution >= 0.6 is 11.8 Å². The number of rotatable bonds is 7. The van der Waals surface area contributed by atoms with Crippen molar-refractivity contribution in [2.24, 2.45) is 5.92 Å². The summed E-state index contributed by atoms with van der Waals surface area (Å²) in [6, 6.07) is 5.93. The number of aromatic amines is 1. The zero-order chi connectivity index (χ0) is 17.6. The van der Waals surface area contributed by atoms with Crippen LogP contribution < -0.4 is 5.32 Å². The molecule has 1 aliphatic carbocycles. The zero-order valence-corrected chi connectivity index (χ0v) is 15.8. The Labute approximate surface area is 153 Å². The van der Waals surface area contributed by atoms with Gasteiger partial charge in [0.25, 0.3) is 0 Å². The smallest absolute Gasteiger partial charge is 0.234 e. The highest BCUT2D eigenvalue weighted by molar-refractivity contribution is 7.99. The molecular weight excluding hydrogens is 332 g/mol. The Morgan fingerprint density at radius 1 is 1.32 bits per heavy atom. The lowest BCUT2D eigenvalue weighted by molar-refractivity contribution is -0.113. The number of aryl methyl sites for hydroxylation is 2. The molecule has 0 aliphatic heterocycles. The monoisotopic (exact) mass is 358 g/mol. The van der Waals surface area contributed by atoms with Crippen LogP contribution in [0.3, 0.4) is 0 Å². The summed E-state index contributed by atoms with van der Waals surface area (Å²) in [4.78, 5) is 16.7. The second-order valence-electron chi connectivity index (χ2n) is 6.84. The Morgan fingerprint density at radius 2 is 2.12 bits per heavy atom. The average molecular weight is 359 g/mol. The third kappa shape index (κ3) is 5.08. The molecule has 1 aromatic heterocycles. The summed E-state index contributed by atoms with van der Waals surface area (Å²) in [6.07, 6.45) is 7.59. The van der Waals surface area contributed by atoms with Crippen LogP contribution in [-0.2, 0) is 11.2 Å². The highest BCUT2D eigenvalue weighted by atomic mass is 32.2. The number of nitrogens with one attached hydrogen (secondary N) is 2. The number of amides is 1. The molecule has 0 radical (unpaired) electrons. The van der Waals surface area contributed by atoms with Crippen molar-refractivity contribution in [2.75, 3.05) is 11.1 Å². The lowest BCUT2D eigenvalue weighted by Gasteiger charge is -2.09. The van der Waals surface area contributed by atoms with Crippen molar-refractivity contribution in [3.05, 3.63) is 35.2 Å². The molecule has 2 aromatic rings. The van der Waals surface area contributed by atoms with Crippen LogP contribution in [0.5, 0.6) is 0 Å². The van der Waals surface area contributed by atoms with E-state index in [1.165, 1.54) is 49.4 Å². The number of H-pyrrole nitrogens is 1. The van der Waals surface area contributed by atoms with Crippen LogP contribution in [0.2, 0.25) is 0 Å². The highest BCUT2D eigenvalue weighted by Gasteiger charge is 2.16. The van der Waals surface area contributed by atoms with Crippen molar-refractivity contribution < 1.29 is 4.79 Å². The second-order valence-corrected chi connectivity index (χ2v) is 7.78. The van der Waals surface area contributed by atoms with Crippen molar-refractivity contribution in [1.29, 1.82) is 0 Å². The Balaban J connectivity index is 1.45. The van der Waals surface area contributed by atoms with E-state index in [0.717, 1.165) is 29.4 Å². The van der Waals surface area contributed by atoms with Gasteiger partial charge < -0.3 is 5.32 Å². The molecule has 1 fully saturated rings. The number of nitrogens with zero attached hydrogens (tertiary/aromatic N) is 2. The Hall–Kier alpha value is -1.82. The van der Waals surface area contributed by atoms with Crippen LogP contribution in [0, 0.1) is 19.8 Å². The number of carbonyl (C=O) groups excluding carboxylic acids is 1. The van der Waals surface area contributed by atoms with Gasteiger partial charge in [0.05, 0.1) is 5.75 Å². The van der Waals surface area contributed by atoms with Crippen molar-refractivity contribution in [1.82, 2.24) is 15.2 Å². The second kappa shape index (κ2) is 8.52. The van der Waals surface area contributed by atoms with E-state index in [4.69, 9.17) is 0 Å². The van der Waals surface area contributed by atoms with Gasteiger partial charge >= 0.3 is 0 Å². The van der Waals surface area contributed by atoms with Gasteiger partial charge in [0.15, 0.2) is 0 Å². The molecule has 1 aromatic carbocycles. The predicted octanol–water partition coefficient (Wildman–Crippen LogP) is 4.28. The topological polar surface area (TPSA) is 70.7 Å². The van der Waals surface area contributed by atoms with E-state index >= 15 is 0 Å². The number of carbonyl (C=O) groups is 1. The maximum Gasteiger partial charge on any atom is 0.234 e. The van der Waals surface area contributed by atoms with Gasteiger partial charge in [0.2, 0.25) is 11.1 Å². The number of anilines is 1. The third-order valence-corrected chi connectivity index (χ3v) is 5.83. The van der Waals surface area contributed by atoms with Crippen LogP contribution in [0.4, 0.5) is 5.69 Å². The van der Waals surface area contributed by atoms with Gasteiger partial charge in [-0.15, -0.1) is 5.10 Å². The van der Waals surface area contributed by atoms with Gasteiger partial charge in [-0.1, -0.05) is 49.6 Å². The molecule has 0 spiro atoms. The largest absolute Gasteiger partial charge is 0.325 e. The van der Waals surface area contributed by atoms with Crippen LogP contribution in [0.15, 0.2) is 23.4 Å². The number of aromatic nitrogens is 3. The number of thioether (sulfide) groups is 1. The zero-order valence-electron chi connectivity index (χ0n) is 15.0. The van der Waals surface area contributed by atoms with Crippen molar-refractivity contribution in [3.63, 3.8) is 0 Å². The molecule has 0 atom stereocenters. The molecule has 5 nitrogen and oxygen atoms in total. The minimum atomic E-state index is -0.0315. The molecule has 25 heavy (non-hydrogen) atoms. The van der Waals surface area contributed by atoms with Crippen LogP contribution in [-0.4, -0.2) is 26.8 Å². The highest BCUT2D eigenvalue weighted by Crippen LogP contribution is 2.28. The molecule has 6 heteroatoms. The summed E-state index contributed by atoms with van der Waals surface area (Å²) in [5, 5.41) is 10.8. The minimum Gasteiger partial charge on any atom is -0.325 e. The van der Waals surface area contributed by atoms with E-state index in [2.05, 4.69) is 20.5 Å². The van der Waals surface area contributed by atoms with Gasteiger partial charge in [-0.05, 0) is 43.4 Å². The first-order valence-corrected chi connectivity index (χ1v) is 10.0. The fourth-order valence-corrected chi connectivity index (χ4v) is 3.91. The minimum absolute atomic E-state index is 0.0315. The maximum atomic E-state index is 12.2. The van der Waals surface area contributed by atoms with Gasteiger partial charge in [-0.3, -0.25) is 9.89 Å². The van der Waals surface area contributed by atoms with Gasteiger partial charge in [0, 0.05) is 12.1 Å². The fraction of sp³-hybridized carbons (Fsp3) is 0.526. The molecule has 1 saturated carbocycles. The molecule has 0 saturated heterocycles. The molecule has 0 unspecified atom stereocenters. The van der Waals surface area contributed by atoms with Gasteiger partial charge in [-0.25, -0.2) is 4.98 Å². The Bertz CT molecular complexity index is 722. The van der Waals surface area contributed by atoms with E-state index in [1.807, 2.05) is 32.0 Å². The lowest BCUT2D eigenvalue weighted by Crippen LogP contribution is -2.15. The van der Waals surface area contributed by atoms with Gasteiger partial charge in [0.1, 0.15) is 5.82 Å². The summed E-state index contributed by atoms with van der Waals surface area (Å²) in [5.74, 6) is 2.07. The van der Waals surface area contributed by atoms with Crippen molar-refractivity contribution in [2.45, 2.75) is 57.5 Å². The molecule has 1 heterocycles. The quantitative estimate of drug-likeness (QED) is 0.725. The van der Waals surface area contributed by atoms with Crippen molar-refractivity contribution in [3.8, 4) is 0 Å². The molecule has 2 N–H and O–H groups in total. The number of hydrogen-bond donors (Lipinski definition) is 2. The molecular formula is C19H26N4OS. The summed E-state index contributed by atoms with van der Waals surface area (Å²) in [5.41, 5.74) is 3.15. The van der Waals surface area contributed by atoms with Gasteiger partial charge in [-0.2, -0.15) is 0 Å². The summed E-state index contributed by atoms with van der Waals surface area (Å²) < 4.78 is 0. The first kappa shape index (κ1) is 18.0. The van der Waals surface area contributed by atoms with Crippen LogP contribution in [0.1, 0.15) is 49.1 Å². The third-order valence-electron chi connectivity index (χ3n) is 4.99. The number of benzene rings is 1. The predicted molar refractivity (Wildman–Crippen MR) is 102 cm³/mol. The summed E-state index contributed by atoms with van der Waals surface area (Å²) in [7, 11) is 0. The Kier molecular flexibility index (Phi) is 6.13. The molecule has 1 aliphatic rings. The van der Waals surface area contributed by atoms with Crippen molar-refractivity contribution >= 4 is 23.4 Å². The number of hydrogen-bond acceptors (Lipinski definition) is 4. The maximum absolute atomic E-state index is 12.2. The molecule has 134 valence electrons. The average Bonchev–Trinajstić information content (AvgIpc) is 3.27. The van der Waals surface area contributed by atoms with E-state index in [1.54, 1.807) is 0 Å². The SMILES string of the molecule is Cc1cccc(NC(=O)CSc2n[nH]c(CCC3CCCC3)n2)c1C. The van der Waals surface area contributed by atoms with E-state index < -0.39 is 0 Å². The summed E-state index contributed by atoms with van der Waals surface area (Å²) >= 11 is 1.37. The first-order valence-electron chi connectivity index (χ1n) is 9.02. The van der Waals surface area contributed by atoms with E-state index in [9.17, 15) is 4.79 Å². The molecule has 0 bridgehead atoms. The standard InChI is InChI=1S/C19H26N4OS/c1-13-6-5-9-16(14(13)2)20-18(24)12-25-19-21-17(22-23-19)11-10-15-7-3-4-8-15/h5-6,9,15H,3-4,7-8,10-12H2,1-2H3,(H,20,24)(H,21,22,23). The van der Waals surface area contributed by atoms with E-state index in [-0.39, 0.29) is 5.91 Å². The molecule has 3 rings (SSSR count). The summed E-state index contributed by atoms with van der Waals surface area (Å²) in [6.45, 7) is 4.06. The van der Waals surface area contributed by atoms with Crippen LogP contribution in [0.25, 0.3) is 0 Å². The molecule has 1 amide bonds. The Morgan fingerprint density at radius 3 is 2.92 bits per heavy atom. The first-order chi connectivity index (χ1) is 12.1. The normalized spacial score (nSPS) is 14.8. The van der Waals surface area contributed by atoms with E-state index in [0.29, 0.717) is 10.9 Å². The lowest BCUT2D eigenvalue weighted by atomic mass is 10.0.